The second-order valence-corrected chi connectivity index (χ2v) is 10.1. The molecule has 1 unspecified atom stereocenters. The zero-order chi connectivity index (χ0) is 21.7. The molecule has 1 saturated heterocycles. The van der Waals surface area contributed by atoms with Crippen LogP contribution < -0.4 is 11.3 Å². The zero-order valence-electron chi connectivity index (χ0n) is 17.9. The first kappa shape index (κ1) is 20.0. The number of thiophene rings is 1. The van der Waals surface area contributed by atoms with Gasteiger partial charge >= 0.3 is 11.3 Å². The van der Waals surface area contributed by atoms with Crippen LogP contribution in [0.2, 0.25) is 0 Å². The van der Waals surface area contributed by atoms with Crippen molar-refractivity contribution in [1.82, 2.24) is 9.47 Å². The van der Waals surface area contributed by atoms with Crippen LogP contribution in [0.4, 0.5) is 0 Å². The predicted molar refractivity (Wildman–Crippen MR) is 126 cm³/mol. The number of para-hydroxylation sites is 1. The number of hydrogen-bond acceptors (Lipinski definition) is 6. The number of likely N-dealkylation sites (tertiary alicyclic amines) is 1. The number of aromatic nitrogens is 1. The number of fused-ring (bicyclic) bond motifs is 4. The van der Waals surface area contributed by atoms with Gasteiger partial charge in [-0.2, -0.15) is 0 Å². The molecule has 1 aliphatic carbocycles. The third kappa shape index (κ3) is 3.35. The van der Waals surface area contributed by atoms with E-state index in [4.69, 9.17) is 8.83 Å². The summed E-state index contributed by atoms with van der Waals surface area (Å²) in [6, 6.07) is 10.3. The number of aryl methyl sites for hydroxylation is 1. The highest BCUT2D eigenvalue weighted by Gasteiger charge is 2.28. The van der Waals surface area contributed by atoms with E-state index in [1.54, 1.807) is 10.4 Å². The van der Waals surface area contributed by atoms with Gasteiger partial charge in [0.25, 0.3) is 0 Å². The normalized spacial score (nSPS) is 20.2. The second kappa shape index (κ2) is 8.05. The van der Waals surface area contributed by atoms with Crippen LogP contribution >= 0.6 is 11.3 Å². The molecule has 6 nitrogen and oxygen atoms in total. The van der Waals surface area contributed by atoms with Crippen molar-refractivity contribution < 1.29 is 8.83 Å². The summed E-state index contributed by atoms with van der Waals surface area (Å²) in [4.78, 5) is 27.9. The molecule has 0 bridgehead atoms. The van der Waals surface area contributed by atoms with Crippen molar-refractivity contribution in [3.8, 4) is 0 Å². The van der Waals surface area contributed by atoms with Crippen molar-refractivity contribution in [2.24, 2.45) is 0 Å². The van der Waals surface area contributed by atoms with Crippen LogP contribution in [0, 0.1) is 0 Å². The Morgan fingerprint density at radius 2 is 1.81 bits per heavy atom. The molecule has 0 N–H and O–H groups in total. The molecule has 0 radical (unpaired) electrons. The van der Waals surface area contributed by atoms with Crippen molar-refractivity contribution in [3.63, 3.8) is 0 Å². The Bertz CT molecular complexity index is 1390. The smallest absolute Gasteiger partial charge is 0.412 e. The van der Waals surface area contributed by atoms with Gasteiger partial charge in [-0.05, 0) is 80.1 Å². The van der Waals surface area contributed by atoms with Crippen LogP contribution in [0.5, 0.6) is 0 Å². The number of benzene rings is 1. The zero-order valence-corrected chi connectivity index (χ0v) is 18.7. The first-order valence-corrected chi connectivity index (χ1v) is 12.4. The maximum Gasteiger partial charge on any atom is 0.424 e. The lowest BCUT2D eigenvalue weighted by Gasteiger charge is -2.34. The Morgan fingerprint density at radius 3 is 2.69 bits per heavy atom. The third-order valence-electron chi connectivity index (χ3n) is 7.26. The van der Waals surface area contributed by atoms with Gasteiger partial charge in [0.05, 0.1) is 5.52 Å². The summed E-state index contributed by atoms with van der Waals surface area (Å²) >= 11 is 1.92. The molecule has 166 valence electrons. The fraction of sp³-hybridized carbons (Fsp3) is 0.440. The first-order chi connectivity index (χ1) is 15.7. The Hall–Kier alpha value is -2.64. The van der Waals surface area contributed by atoms with Crippen molar-refractivity contribution in [2.75, 3.05) is 19.6 Å². The van der Waals surface area contributed by atoms with E-state index in [-0.39, 0.29) is 6.04 Å². The van der Waals surface area contributed by atoms with E-state index in [0.717, 1.165) is 43.4 Å². The van der Waals surface area contributed by atoms with E-state index in [0.29, 0.717) is 17.2 Å². The highest BCUT2D eigenvalue weighted by atomic mass is 32.1. The molecule has 0 saturated carbocycles. The summed E-state index contributed by atoms with van der Waals surface area (Å²) in [5.74, 6) is 0.706. The van der Waals surface area contributed by atoms with Crippen molar-refractivity contribution in [3.05, 3.63) is 67.0 Å². The molecule has 1 atom stereocenters. The van der Waals surface area contributed by atoms with Gasteiger partial charge in [0.15, 0.2) is 0 Å². The average Bonchev–Trinajstić information content (AvgIpc) is 3.42. The standard InChI is InChI=1S/C25H26N2O4S/c28-24-25(29)31-23-22(30-24)19-5-1-2-6-20(19)27(23)17-9-13-26(14-10-17)12-8-16-4-3-7-21-18(16)11-15-32-21/h1-2,5-6,11,15-17H,3-4,7-10,12-14H2. The first-order valence-electron chi connectivity index (χ1n) is 11.5. The summed E-state index contributed by atoms with van der Waals surface area (Å²) in [6.07, 6.45) is 7.06. The summed E-state index contributed by atoms with van der Waals surface area (Å²) in [6.45, 7) is 3.16. The fourth-order valence-electron chi connectivity index (χ4n) is 5.65. The molecule has 32 heavy (non-hydrogen) atoms. The highest BCUT2D eigenvalue weighted by Crippen LogP contribution is 2.38. The lowest BCUT2D eigenvalue weighted by Crippen LogP contribution is -2.36. The van der Waals surface area contributed by atoms with Crippen molar-refractivity contribution in [1.29, 1.82) is 0 Å². The molecular weight excluding hydrogens is 424 g/mol. The SMILES string of the molecule is O=c1oc2c3ccccc3n(C3CCN(CCC4CCCc5sccc54)CC3)c2oc1=O. The summed E-state index contributed by atoms with van der Waals surface area (Å²) in [5.41, 5.74) is 1.40. The largest absolute Gasteiger partial charge is 0.424 e. The minimum atomic E-state index is -0.952. The van der Waals surface area contributed by atoms with E-state index in [9.17, 15) is 9.59 Å². The fourth-order valence-corrected chi connectivity index (χ4v) is 6.66. The molecule has 4 aromatic rings. The molecule has 6 rings (SSSR count). The van der Waals surface area contributed by atoms with Crippen LogP contribution in [0.15, 0.2) is 54.1 Å². The number of piperidine rings is 1. The molecule has 1 aromatic carbocycles. The van der Waals surface area contributed by atoms with E-state index in [1.807, 2.05) is 35.6 Å². The maximum absolute atomic E-state index is 11.9. The van der Waals surface area contributed by atoms with Crippen molar-refractivity contribution >= 4 is 33.5 Å². The Morgan fingerprint density at radius 1 is 1.00 bits per heavy atom. The maximum atomic E-state index is 11.9. The van der Waals surface area contributed by atoms with Gasteiger partial charge in [-0.25, -0.2) is 9.59 Å². The molecule has 7 heteroatoms. The lowest BCUT2D eigenvalue weighted by molar-refractivity contribution is 0.181. The molecule has 3 aromatic heterocycles. The van der Waals surface area contributed by atoms with Crippen molar-refractivity contribution in [2.45, 2.75) is 50.5 Å². The molecule has 1 aliphatic heterocycles. The van der Waals surface area contributed by atoms with Gasteiger partial charge in [0, 0.05) is 29.4 Å². The van der Waals surface area contributed by atoms with Crippen LogP contribution in [-0.4, -0.2) is 29.1 Å². The van der Waals surface area contributed by atoms with E-state index in [2.05, 4.69) is 20.9 Å². The average molecular weight is 451 g/mol. The number of nitrogens with zero attached hydrogens (tertiary/aromatic N) is 2. The minimum Gasteiger partial charge on any atom is -0.412 e. The predicted octanol–water partition coefficient (Wildman–Crippen LogP) is 4.91. The Balaban J connectivity index is 1.21. The third-order valence-corrected chi connectivity index (χ3v) is 8.26. The monoisotopic (exact) mass is 450 g/mol. The molecule has 1 fully saturated rings. The Kier molecular flexibility index (Phi) is 5.03. The summed E-state index contributed by atoms with van der Waals surface area (Å²) < 4.78 is 12.8. The number of rotatable bonds is 4. The summed E-state index contributed by atoms with van der Waals surface area (Å²) in [7, 11) is 0. The quantitative estimate of drug-likeness (QED) is 0.413. The van der Waals surface area contributed by atoms with Gasteiger partial charge in [0.2, 0.25) is 11.3 Å². The van der Waals surface area contributed by atoms with E-state index >= 15 is 0 Å². The molecule has 4 heterocycles. The van der Waals surface area contributed by atoms with Crippen LogP contribution in [0.3, 0.4) is 0 Å². The van der Waals surface area contributed by atoms with E-state index < -0.39 is 11.3 Å². The van der Waals surface area contributed by atoms with Gasteiger partial charge in [-0.1, -0.05) is 12.1 Å². The Labute approximate surface area is 189 Å². The van der Waals surface area contributed by atoms with Crippen LogP contribution in [0.25, 0.3) is 22.2 Å². The molecule has 0 spiro atoms. The topological polar surface area (TPSA) is 68.6 Å². The lowest BCUT2D eigenvalue weighted by atomic mass is 9.85. The van der Waals surface area contributed by atoms with E-state index in [1.165, 1.54) is 25.7 Å². The minimum absolute atomic E-state index is 0.211. The van der Waals surface area contributed by atoms with Crippen LogP contribution in [-0.2, 0) is 6.42 Å². The molecule has 2 aliphatic rings. The van der Waals surface area contributed by atoms with Gasteiger partial charge in [-0.15, -0.1) is 11.3 Å². The number of hydrogen-bond donors (Lipinski definition) is 0. The summed E-state index contributed by atoms with van der Waals surface area (Å²) in [5, 5.41) is 3.07. The van der Waals surface area contributed by atoms with Gasteiger partial charge in [-0.3, -0.25) is 0 Å². The van der Waals surface area contributed by atoms with Gasteiger partial charge < -0.3 is 18.3 Å². The molecular formula is C25H26N2O4S. The second-order valence-electron chi connectivity index (χ2n) is 9.05. The van der Waals surface area contributed by atoms with Crippen LogP contribution in [0.1, 0.15) is 54.5 Å². The van der Waals surface area contributed by atoms with Gasteiger partial charge in [0.1, 0.15) is 0 Å². The highest BCUT2D eigenvalue weighted by molar-refractivity contribution is 7.10. The molecule has 0 amide bonds.